The SMILES string of the molecule is CCOP(=O)(OCC)[C@H](N)c1cccc(Cl)c1. The first kappa shape index (κ1) is 14.7. The summed E-state index contributed by atoms with van der Waals surface area (Å²) in [5.74, 6) is -0.818. The molecule has 0 fully saturated rings. The monoisotopic (exact) mass is 277 g/mol. The van der Waals surface area contributed by atoms with Gasteiger partial charge >= 0.3 is 7.60 Å². The Morgan fingerprint density at radius 3 is 2.41 bits per heavy atom. The van der Waals surface area contributed by atoms with Crippen molar-refractivity contribution < 1.29 is 13.6 Å². The molecule has 0 saturated heterocycles. The van der Waals surface area contributed by atoms with Crippen LogP contribution in [0.4, 0.5) is 0 Å². The zero-order valence-electron chi connectivity index (χ0n) is 9.93. The maximum absolute atomic E-state index is 12.4. The molecule has 1 atom stereocenters. The largest absolute Gasteiger partial charge is 0.351 e. The van der Waals surface area contributed by atoms with Gasteiger partial charge in [-0.15, -0.1) is 0 Å². The molecule has 0 saturated carbocycles. The number of halogens is 1. The smallest absolute Gasteiger partial charge is 0.314 e. The fraction of sp³-hybridized carbons (Fsp3) is 0.455. The van der Waals surface area contributed by atoms with Crippen LogP contribution < -0.4 is 5.73 Å². The normalized spacial score (nSPS) is 13.6. The van der Waals surface area contributed by atoms with Crippen molar-refractivity contribution in [1.29, 1.82) is 0 Å². The lowest BCUT2D eigenvalue weighted by Crippen LogP contribution is -2.14. The van der Waals surface area contributed by atoms with Crippen LogP contribution in [0.25, 0.3) is 0 Å². The van der Waals surface area contributed by atoms with Gasteiger partial charge < -0.3 is 14.8 Å². The van der Waals surface area contributed by atoms with Crippen LogP contribution in [-0.4, -0.2) is 13.2 Å². The van der Waals surface area contributed by atoms with Crippen LogP contribution in [-0.2, 0) is 13.6 Å². The second kappa shape index (κ2) is 6.53. The molecular weight excluding hydrogens is 261 g/mol. The Bertz CT molecular complexity index is 403. The molecule has 0 bridgehead atoms. The Kier molecular flexibility index (Phi) is 5.63. The van der Waals surface area contributed by atoms with Gasteiger partial charge in [0, 0.05) is 5.02 Å². The van der Waals surface area contributed by atoms with E-state index in [1.165, 1.54) is 0 Å². The molecule has 0 amide bonds. The van der Waals surface area contributed by atoms with Crippen molar-refractivity contribution in [3.05, 3.63) is 34.9 Å². The molecule has 6 heteroatoms. The maximum atomic E-state index is 12.4. The summed E-state index contributed by atoms with van der Waals surface area (Å²) in [5.41, 5.74) is 6.58. The van der Waals surface area contributed by atoms with Crippen LogP contribution >= 0.6 is 19.2 Å². The van der Waals surface area contributed by atoms with E-state index in [1.54, 1.807) is 38.1 Å². The first-order valence-electron chi connectivity index (χ1n) is 5.43. The van der Waals surface area contributed by atoms with Crippen LogP contribution in [0.15, 0.2) is 24.3 Å². The van der Waals surface area contributed by atoms with Gasteiger partial charge in [0.2, 0.25) is 0 Å². The van der Waals surface area contributed by atoms with Crippen molar-refractivity contribution in [1.82, 2.24) is 0 Å². The van der Waals surface area contributed by atoms with Gasteiger partial charge in [-0.2, -0.15) is 0 Å². The second-order valence-electron chi connectivity index (χ2n) is 3.38. The van der Waals surface area contributed by atoms with Crippen LogP contribution in [0.3, 0.4) is 0 Å². The second-order valence-corrected chi connectivity index (χ2v) is 5.96. The molecule has 1 aromatic carbocycles. The maximum Gasteiger partial charge on any atom is 0.351 e. The van der Waals surface area contributed by atoms with Gasteiger partial charge in [-0.3, -0.25) is 4.57 Å². The molecule has 17 heavy (non-hydrogen) atoms. The van der Waals surface area contributed by atoms with Crippen molar-refractivity contribution in [2.45, 2.75) is 19.6 Å². The zero-order chi connectivity index (χ0) is 12.9. The lowest BCUT2D eigenvalue weighted by molar-refractivity contribution is 0.212. The van der Waals surface area contributed by atoms with E-state index in [0.29, 0.717) is 10.6 Å². The van der Waals surface area contributed by atoms with E-state index in [0.717, 1.165) is 0 Å². The predicted molar refractivity (Wildman–Crippen MR) is 69.2 cm³/mol. The first-order chi connectivity index (χ1) is 8.03. The molecule has 0 aliphatic rings. The molecule has 0 aliphatic carbocycles. The molecule has 2 N–H and O–H groups in total. The standard InChI is InChI=1S/C11H17ClNO3P/c1-3-15-17(14,16-4-2)11(13)9-6-5-7-10(12)8-9/h5-8,11H,3-4,13H2,1-2H3/t11-/m0/s1. The summed E-state index contributed by atoms with van der Waals surface area (Å²) < 4.78 is 22.8. The first-order valence-corrected chi connectivity index (χ1v) is 7.42. The van der Waals surface area contributed by atoms with Crippen LogP contribution in [0, 0.1) is 0 Å². The average Bonchev–Trinajstić information content (AvgIpc) is 2.28. The van der Waals surface area contributed by atoms with E-state index < -0.39 is 13.4 Å². The third-order valence-corrected chi connectivity index (χ3v) is 4.60. The highest BCUT2D eigenvalue weighted by molar-refractivity contribution is 7.54. The highest BCUT2D eigenvalue weighted by Crippen LogP contribution is 2.58. The van der Waals surface area contributed by atoms with Crippen LogP contribution in [0.2, 0.25) is 5.02 Å². The number of benzene rings is 1. The summed E-state index contributed by atoms with van der Waals surface area (Å²) in [4.78, 5) is 0. The molecule has 0 aromatic heterocycles. The van der Waals surface area contributed by atoms with Gasteiger partial charge in [-0.05, 0) is 31.5 Å². The summed E-state index contributed by atoms with van der Waals surface area (Å²) in [6.07, 6.45) is 0. The quantitative estimate of drug-likeness (QED) is 0.808. The highest BCUT2D eigenvalue weighted by atomic mass is 35.5. The highest BCUT2D eigenvalue weighted by Gasteiger charge is 2.33. The molecule has 0 spiro atoms. The van der Waals surface area contributed by atoms with E-state index >= 15 is 0 Å². The Morgan fingerprint density at radius 2 is 1.94 bits per heavy atom. The van der Waals surface area contributed by atoms with Gasteiger partial charge in [-0.1, -0.05) is 23.7 Å². The fourth-order valence-electron chi connectivity index (χ4n) is 1.43. The molecule has 1 aromatic rings. The predicted octanol–water partition coefficient (Wildman–Crippen LogP) is 3.56. The van der Waals surface area contributed by atoms with E-state index in [9.17, 15) is 4.57 Å². The summed E-state index contributed by atoms with van der Waals surface area (Å²) in [5, 5.41) is 0.539. The van der Waals surface area contributed by atoms with Crippen molar-refractivity contribution >= 4 is 19.2 Å². The molecule has 0 unspecified atom stereocenters. The summed E-state index contributed by atoms with van der Waals surface area (Å²) in [6.45, 7) is 4.06. The van der Waals surface area contributed by atoms with E-state index in [2.05, 4.69) is 0 Å². The number of hydrogen-bond donors (Lipinski definition) is 1. The summed E-state index contributed by atoms with van der Waals surface area (Å²) in [7, 11) is -3.33. The Morgan fingerprint density at radius 1 is 1.35 bits per heavy atom. The van der Waals surface area contributed by atoms with E-state index in [4.69, 9.17) is 26.4 Å². The summed E-state index contributed by atoms with van der Waals surface area (Å²) >= 11 is 5.87. The molecular formula is C11H17ClNO3P. The molecule has 0 radical (unpaired) electrons. The van der Waals surface area contributed by atoms with Gasteiger partial charge in [0.1, 0.15) is 5.78 Å². The number of nitrogens with two attached hydrogens (primary N) is 1. The van der Waals surface area contributed by atoms with Crippen LogP contribution in [0.5, 0.6) is 0 Å². The topological polar surface area (TPSA) is 61.5 Å². The third-order valence-electron chi connectivity index (χ3n) is 2.15. The lowest BCUT2D eigenvalue weighted by atomic mass is 10.2. The minimum atomic E-state index is -3.33. The van der Waals surface area contributed by atoms with E-state index in [-0.39, 0.29) is 13.2 Å². The van der Waals surface area contributed by atoms with Gasteiger partial charge in [0.15, 0.2) is 0 Å². The Labute approximate surface area is 107 Å². The fourth-order valence-corrected chi connectivity index (χ4v) is 3.27. The van der Waals surface area contributed by atoms with Crippen molar-refractivity contribution in [3.8, 4) is 0 Å². The third kappa shape index (κ3) is 3.80. The summed E-state index contributed by atoms with van der Waals surface area (Å²) in [6, 6.07) is 6.89. The van der Waals surface area contributed by atoms with Crippen molar-refractivity contribution in [2.75, 3.05) is 13.2 Å². The Balaban J connectivity index is 2.99. The molecule has 4 nitrogen and oxygen atoms in total. The van der Waals surface area contributed by atoms with Crippen molar-refractivity contribution in [3.63, 3.8) is 0 Å². The number of rotatable bonds is 6. The number of hydrogen-bond acceptors (Lipinski definition) is 4. The minimum Gasteiger partial charge on any atom is -0.314 e. The average molecular weight is 278 g/mol. The Hall–Kier alpha value is -0.380. The minimum absolute atomic E-state index is 0.283. The van der Waals surface area contributed by atoms with Gasteiger partial charge in [0.05, 0.1) is 13.2 Å². The van der Waals surface area contributed by atoms with Gasteiger partial charge in [0.25, 0.3) is 0 Å². The molecule has 0 aliphatic heterocycles. The van der Waals surface area contributed by atoms with E-state index in [1.807, 2.05) is 0 Å². The zero-order valence-corrected chi connectivity index (χ0v) is 11.6. The van der Waals surface area contributed by atoms with Gasteiger partial charge in [-0.25, -0.2) is 0 Å². The van der Waals surface area contributed by atoms with Crippen molar-refractivity contribution in [2.24, 2.45) is 5.73 Å². The van der Waals surface area contributed by atoms with Crippen LogP contribution in [0.1, 0.15) is 25.2 Å². The molecule has 1 rings (SSSR count). The lowest BCUT2D eigenvalue weighted by Gasteiger charge is -2.23. The molecule has 0 heterocycles. The molecule has 96 valence electrons.